The minimum Gasteiger partial charge on any atom is -0.389 e. The molecule has 1 unspecified atom stereocenters. The van der Waals surface area contributed by atoms with Crippen molar-refractivity contribution in [1.82, 2.24) is 9.13 Å². The van der Waals surface area contributed by atoms with Gasteiger partial charge in [0.2, 0.25) is 0 Å². The average molecular weight is 174 g/mol. The van der Waals surface area contributed by atoms with Gasteiger partial charge in [-0.15, -0.1) is 0 Å². The summed E-state index contributed by atoms with van der Waals surface area (Å²) in [5, 5.41) is 8.90. The second kappa shape index (κ2) is 3.53. The van der Waals surface area contributed by atoms with Gasteiger partial charge in [0, 0.05) is 19.4 Å². The van der Waals surface area contributed by atoms with Crippen molar-refractivity contribution in [2.75, 3.05) is 6.67 Å². The Morgan fingerprint density at radius 2 is 2.33 bits per heavy atom. The normalized spacial score (nSPS) is 13.2. The van der Waals surface area contributed by atoms with Crippen molar-refractivity contribution in [3.63, 3.8) is 0 Å². The molecular formula is C7H11FN2O2. The van der Waals surface area contributed by atoms with Crippen LogP contribution >= 0.6 is 0 Å². The summed E-state index contributed by atoms with van der Waals surface area (Å²) in [5.74, 6) is 0. The first-order valence-electron chi connectivity index (χ1n) is 3.61. The van der Waals surface area contributed by atoms with Gasteiger partial charge < -0.3 is 9.67 Å². The molecule has 1 rings (SSSR count). The fourth-order valence-corrected chi connectivity index (χ4v) is 0.925. The van der Waals surface area contributed by atoms with Gasteiger partial charge in [-0.25, -0.2) is 9.18 Å². The fourth-order valence-electron chi connectivity index (χ4n) is 0.925. The molecule has 1 heterocycles. The van der Waals surface area contributed by atoms with Gasteiger partial charge in [-0.05, 0) is 0 Å². The Kier molecular flexibility index (Phi) is 2.65. The van der Waals surface area contributed by atoms with Crippen LogP contribution in [0, 0.1) is 0 Å². The molecule has 1 atom stereocenters. The first-order chi connectivity index (χ1) is 5.65. The summed E-state index contributed by atoms with van der Waals surface area (Å²) in [6.45, 7) is -0.822. The zero-order chi connectivity index (χ0) is 9.14. The number of halogens is 1. The van der Waals surface area contributed by atoms with Crippen LogP contribution in [0.2, 0.25) is 0 Å². The number of rotatable bonds is 3. The molecule has 1 N–H and O–H groups in total. The van der Waals surface area contributed by atoms with Crippen LogP contribution in [0.25, 0.3) is 0 Å². The summed E-state index contributed by atoms with van der Waals surface area (Å²) in [7, 11) is 1.60. The Balaban J connectivity index is 2.76. The van der Waals surface area contributed by atoms with Crippen LogP contribution in [0.3, 0.4) is 0 Å². The largest absolute Gasteiger partial charge is 0.389 e. The van der Waals surface area contributed by atoms with E-state index in [4.69, 9.17) is 5.11 Å². The highest BCUT2D eigenvalue weighted by Crippen LogP contribution is 1.89. The monoisotopic (exact) mass is 174 g/mol. The van der Waals surface area contributed by atoms with Gasteiger partial charge in [-0.3, -0.25) is 4.57 Å². The van der Waals surface area contributed by atoms with E-state index in [9.17, 15) is 9.18 Å². The zero-order valence-electron chi connectivity index (χ0n) is 6.77. The SMILES string of the molecule is Cn1ccn(CC(O)CF)c1=O. The Morgan fingerprint density at radius 3 is 2.75 bits per heavy atom. The second-order valence-electron chi connectivity index (χ2n) is 2.65. The molecule has 4 nitrogen and oxygen atoms in total. The van der Waals surface area contributed by atoms with E-state index in [2.05, 4.69) is 0 Å². The van der Waals surface area contributed by atoms with Crippen LogP contribution in [0.5, 0.6) is 0 Å². The van der Waals surface area contributed by atoms with Crippen LogP contribution < -0.4 is 5.69 Å². The summed E-state index contributed by atoms with van der Waals surface area (Å²) in [4.78, 5) is 11.1. The molecule has 0 bridgehead atoms. The fraction of sp³-hybridized carbons (Fsp3) is 0.571. The molecule has 0 aromatic carbocycles. The van der Waals surface area contributed by atoms with Gasteiger partial charge in [-0.2, -0.15) is 0 Å². The third kappa shape index (κ3) is 1.73. The highest BCUT2D eigenvalue weighted by atomic mass is 19.1. The number of alkyl halides is 1. The van der Waals surface area contributed by atoms with E-state index in [1.165, 1.54) is 15.3 Å². The summed E-state index contributed by atoms with van der Waals surface area (Å²) >= 11 is 0. The lowest BCUT2D eigenvalue weighted by Crippen LogP contribution is -2.28. The molecule has 0 radical (unpaired) electrons. The molecule has 0 saturated carbocycles. The topological polar surface area (TPSA) is 47.2 Å². The van der Waals surface area contributed by atoms with E-state index in [-0.39, 0.29) is 12.2 Å². The number of aryl methyl sites for hydroxylation is 1. The molecule has 0 spiro atoms. The van der Waals surface area contributed by atoms with Crippen LogP contribution in [0.1, 0.15) is 0 Å². The Hall–Kier alpha value is -1.10. The number of aromatic nitrogens is 2. The average Bonchev–Trinajstić information content (AvgIpc) is 2.36. The van der Waals surface area contributed by atoms with E-state index in [1.54, 1.807) is 13.2 Å². The number of nitrogens with zero attached hydrogens (tertiary/aromatic N) is 2. The van der Waals surface area contributed by atoms with Gasteiger partial charge in [0.25, 0.3) is 0 Å². The molecule has 0 amide bonds. The molecule has 0 saturated heterocycles. The maximum absolute atomic E-state index is 11.8. The van der Waals surface area contributed by atoms with Gasteiger partial charge in [0.15, 0.2) is 0 Å². The lowest BCUT2D eigenvalue weighted by atomic mass is 10.4. The van der Waals surface area contributed by atoms with Gasteiger partial charge in [-0.1, -0.05) is 0 Å². The standard InChI is InChI=1S/C7H11FN2O2/c1-9-2-3-10(7(9)12)5-6(11)4-8/h2-3,6,11H,4-5H2,1H3. The van der Waals surface area contributed by atoms with E-state index in [0.29, 0.717) is 0 Å². The van der Waals surface area contributed by atoms with Crippen molar-refractivity contribution in [3.8, 4) is 0 Å². The Bertz CT molecular complexity index is 305. The molecule has 0 aliphatic heterocycles. The van der Waals surface area contributed by atoms with Crippen molar-refractivity contribution in [1.29, 1.82) is 0 Å². The van der Waals surface area contributed by atoms with Crippen molar-refractivity contribution in [2.45, 2.75) is 12.6 Å². The van der Waals surface area contributed by atoms with Crippen molar-refractivity contribution >= 4 is 0 Å². The predicted octanol–water partition coefficient (Wildman–Crippen LogP) is -0.483. The predicted molar refractivity (Wildman–Crippen MR) is 41.7 cm³/mol. The summed E-state index contributed by atoms with van der Waals surface area (Å²) in [6, 6.07) is 0. The van der Waals surface area contributed by atoms with E-state index < -0.39 is 12.8 Å². The van der Waals surface area contributed by atoms with E-state index in [0.717, 1.165) is 0 Å². The number of aliphatic hydroxyl groups is 1. The molecule has 0 fully saturated rings. The van der Waals surface area contributed by atoms with Crippen molar-refractivity contribution in [2.24, 2.45) is 7.05 Å². The Labute approximate surface area is 68.9 Å². The summed E-state index contributed by atoms with van der Waals surface area (Å²) < 4.78 is 14.5. The van der Waals surface area contributed by atoms with Crippen molar-refractivity contribution in [3.05, 3.63) is 22.9 Å². The second-order valence-corrected chi connectivity index (χ2v) is 2.65. The third-order valence-corrected chi connectivity index (χ3v) is 1.60. The first kappa shape index (κ1) is 8.99. The third-order valence-electron chi connectivity index (χ3n) is 1.60. The van der Waals surface area contributed by atoms with Crippen molar-refractivity contribution < 1.29 is 9.50 Å². The number of hydrogen-bond donors (Lipinski definition) is 1. The highest BCUT2D eigenvalue weighted by Gasteiger charge is 2.06. The first-order valence-corrected chi connectivity index (χ1v) is 3.61. The van der Waals surface area contributed by atoms with Gasteiger partial charge in [0.05, 0.1) is 6.54 Å². The molecular weight excluding hydrogens is 163 g/mol. The number of hydrogen-bond acceptors (Lipinski definition) is 2. The molecule has 68 valence electrons. The lowest BCUT2D eigenvalue weighted by molar-refractivity contribution is 0.121. The molecule has 0 aliphatic rings. The summed E-state index contributed by atoms with van der Waals surface area (Å²) in [6.07, 6.45) is 1.99. The van der Waals surface area contributed by atoms with Gasteiger partial charge in [0.1, 0.15) is 12.8 Å². The lowest BCUT2D eigenvalue weighted by Gasteiger charge is -2.04. The minimum atomic E-state index is -1.09. The summed E-state index contributed by atoms with van der Waals surface area (Å²) in [5.41, 5.74) is -0.248. The molecule has 5 heteroatoms. The smallest absolute Gasteiger partial charge is 0.327 e. The molecule has 12 heavy (non-hydrogen) atoms. The quantitative estimate of drug-likeness (QED) is 0.672. The molecule has 1 aromatic heterocycles. The van der Waals surface area contributed by atoms with E-state index in [1.807, 2.05) is 0 Å². The number of aliphatic hydroxyl groups excluding tert-OH is 1. The Morgan fingerprint density at radius 1 is 1.67 bits per heavy atom. The molecule has 0 aliphatic carbocycles. The molecule has 1 aromatic rings. The number of imidazole rings is 1. The van der Waals surface area contributed by atoms with Crippen LogP contribution in [0.15, 0.2) is 17.2 Å². The van der Waals surface area contributed by atoms with Crippen LogP contribution in [0.4, 0.5) is 4.39 Å². The van der Waals surface area contributed by atoms with Gasteiger partial charge >= 0.3 is 5.69 Å². The zero-order valence-corrected chi connectivity index (χ0v) is 6.77. The maximum Gasteiger partial charge on any atom is 0.327 e. The highest BCUT2D eigenvalue weighted by molar-refractivity contribution is 4.80. The van der Waals surface area contributed by atoms with Crippen LogP contribution in [-0.4, -0.2) is 27.0 Å². The van der Waals surface area contributed by atoms with E-state index >= 15 is 0 Å². The maximum atomic E-state index is 11.8. The minimum absolute atomic E-state index is 0.0101. The van der Waals surface area contributed by atoms with Crippen LogP contribution in [-0.2, 0) is 13.6 Å².